The van der Waals surface area contributed by atoms with Gasteiger partial charge in [-0.1, -0.05) is 54.1 Å². The van der Waals surface area contributed by atoms with Crippen LogP contribution in [-0.4, -0.2) is 28.0 Å². The molecule has 3 rings (SSSR count). The van der Waals surface area contributed by atoms with Gasteiger partial charge < -0.3 is 10.4 Å². The van der Waals surface area contributed by atoms with E-state index >= 15 is 0 Å². The quantitative estimate of drug-likeness (QED) is 0.530. The molecule has 0 bridgehead atoms. The first-order valence-electron chi connectivity index (χ1n) is 9.74. The molecule has 154 valence electrons. The van der Waals surface area contributed by atoms with Crippen molar-refractivity contribution in [3.63, 3.8) is 0 Å². The van der Waals surface area contributed by atoms with Gasteiger partial charge in [-0.05, 0) is 53.3 Å². The highest BCUT2D eigenvalue weighted by molar-refractivity contribution is 6.30. The number of pyridine rings is 1. The summed E-state index contributed by atoms with van der Waals surface area (Å²) in [6.07, 6.45) is 4.58. The van der Waals surface area contributed by atoms with Crippen LogP contribution in [-0.2, 0) is 22.4 Å². The van der Waals surface area contributed by atoms with Crippen molar-refractivity contribution in [1.29, 1.82) is 0 Å². The fourth-order valence-electron chi connectivity index (χ4n) is 3.27. The largest absolute Gasteiger partial charge is 0.481 e. The number of benzene rings is 2. The number of nitrogens with zero attached hydrogens (tertiary/aromatic N) is 1. The fourth-order valence-corrected chi connectivity index (χ4v) is 3.46. The van der Waals surface area contributed by atoms with E-state index in [1.165, 1.54) is 0 Å². The standard InChI is InChI=1S/C24H23ClN2O3/c25-21-5-1-4-20(14-21)19-9-6-17(7-10-19)13-22(15-24(29)30)27-23(28)11-8-18-3-2-12-26-16-18/h1-7,9-10,12,14,16,22H,8,11,13,15H2,(H,27,28)(H,29,30)/t22-/m1/s1. The maximum Gasteiger partial charge on any atom is 0.305 e. The molecule has 2 N–H and O–H groups in total. The number of carbonyl (C=O) groups is 2. The third-order valence-corrected chi connectivity index (χ3v) is 4.98. The first-order valence-corrected chi connectivity index (χ1v) is 10.1. The summed E-state index contributed by atoms with van der Waals surface area (Å²) in [7, 11) is 0. The minimum atomic E-state index is -0.942. The molecule has 0 unspecified atom stereocenters. The molecule has 1 aromatic heterocycles. The van der Waals surface area contributed by atoms with Crippen molar-refractivity contribution >= 4 is 23.5 Å². The van der Waals surface area contributed by atoms with E-state index < -0.39 is 12.0 Å². The molecular weight excluding hydrogens is 400 g/mol. The van der Waals surface area contributed by atoms with E-state index in [0.29, 0.717) is 17.9 Å². The first kappa shape index (κ1) is 21.5. The highest BCUT2D eigenvalue weighted by Gasteiger charge is 2.17. The molecule has 1 heterocycles. The van der Waals surface area contributed by atoms with Crippen molar-refractivity contribution in [2.75, 3.05) is 0 Å². The van der Waals surface area contributed by atoms with Crippen LogP contribution in [0.3, 0.4) is 0 Å². The van der Waals surface area contributed by atoms with E-state index in [1.807, 2.05) is 60.7 Å². The van der Waals surface area contributed by atoms with Gasteiger partial charge >= 0.3 is 5.97 Å². The third kappa shape index (κ3) is 6.71. The summed E-state index contributed by atoms with van der Waals surface area (Å²) in [5.41, 5.74) is 3.97. The number of halogens is 1. The summed E-state index contributed by atoms with van der Waals surface area (Å²) >= 11 is 6.06. The molecule has 0 spiro atoms. The van der Waals surface area contributed by atoms with Gasteiger partial charge in [-0.25, -0.2) is 0 Å². The van der Waals surface area contributed by atoms with Crippen molar-refractivity contribution < 1.29 is 14.7 Å². The smallest absolute Gasteiger partial charge is 0.305 e. The number of amides is 1. The minimum absolute atomic E-state index is 0.130. The fraction of sp³-hybridized carbons (Fsp3) is 0.208. The van der Waals surface area contributed by atoms with E-state index in [1.54, 1.807) is 12.4 Å². The first-order chi connectivity index (χ1) is 14.5. The monoisotopic (exact) mass is 422 g/mol. The maximum atomic E-state index is 12.3. The van der Waals surface area contributed by atoms with Crippen molar-refractivity contribution in [2.24, 2.45) is 0 Å². The Labute approximate surface area is 180 Å². The van der Waals surface area contributed by atoms with Gasteiger partial charge in [0.2, 0.25) is 5.91 Å². The summed E-state index contributed by atoms with van der Waals surface area (Å²) in [6, 6.07) is 18.7. The van der Waals surface area contributed by atoms with Crippen LogP contribution in [0.1, 0.15) is 24.0 Å². The average Bonchev–Trinajstić information content (AvgIpc) is 2.73. The van der Waals surface area contributed by atoms with Crippen molar-refractivity contribution in [3.8, 4) is 11.1 Å². The van der Waals surface area contributed by atoms with Crippen LogP contribution < -0.4 is 5.32 Å². The van der Waals surface area contributed by atoms with Gasteiger partial charge in [0, 0.05) is 29.9 Å². The lowest BCUT2D eigenvalue weighted by Gasteiger charge is -2.17. The normalized spacial score (nSPS) is 11.6. The maximum absolute atomic E-state index is 12.3. The second-order valence-corrected chi connectivity index (χ2v) is 7.57. The van der Waals surface area contributed by atoms with Crippen molar-refractivity contribution in [3.05, 3.63) is 89.2 Å². The number of carbonyl (C=O) groups excluding carboxylic acids is 1. The molecule has 0 aliphatic heterocycles. The van der Waals surface area contributed by atoms with E-state index in [0.717, 1.165) is 22.3 Å². The van der Waals surface area contributed by atoms with Gasteiger partial charge in [0.1, 0.15) is 0 Å². The lowest BCUT2D eigenvalue weighted by molar-refractivity contribution is -0.137. The van der Waals surface area contributed by atoms with Gasteiger partial charge in [0.05, 0.1) is 6.42 Å². The lowest BCUT2D eigenvalue weighted by Crippen LogP contribution is -2.38. The summed E-state index contributed by atoms with van der Waals surface area (Å²) in [5.74, 6) is -1.11. The molecule has 0 aliphatic rings. The van der Waals surface area contributed by atoms with Crippen LogP contribution in [0.15, 0.2) is 73.1 Å². The SMILES string of the molecule is O=C(O)C[C@@H](Cc1ccc(-c2cccc(Cl)c2)cc1)NC(=O)CCc1cccnc1. The molecule has 1 atom stereocenters. The van der Waals surface area contributed by atoms with Gasteiger partial charge in [0.25, 0.3) is 0 Å². The second kappa shape index (κ2) is 10.6. The topological polar surface area (TPSA) is 79.3 Å². The van der Waals surface area contributed by atoms with E-state index in [9.17, 15) is 14.7 Å². The van der Waals surface area contributed by atoms with Gasteiger partial charge in [-0.2, -0.15) is 0 Å². The zero-order chi connectivity index (χ0) is 21.3. The molecule has 6 heteroatoms. The molecule has 0 saturated heterocycles. The molecular formula is C24H23ClN2O3. The third-order valence-electron chi connectivity index (χ3n) is 4.74. The number of rotatable bonds is 9. The van der Waals surface area contributed by atoms with Crippen LogP contribution in [0, 0.1) is 0 Å². The zero-order valence-corrected chi connectivity index (χ0v) is 17.2. The molecule has 0 saturated carbocycles. The Hall–Kier alpha value is -3.18. The second-order valence-electron chi connectivity index (χ2n) is 7.13. The average molecular weight is 423 g/mol. The molecule has 2 aromatic carbocycles. The van der Waals surface area contributed by atoms with Gasteiger partial charge in [-0.3, -0.25) is 14.6 Å². The lowest BCUT2D eigenvalue weighted by atomic mass is 9.99. The number of nitrogens with one attached hydrogen (secondary N) is 1. The van der Waals surface area contributed by atoms with E-state index in [-0.39, 0.29) is 18.7 Å². The summed E-state index contributed by atoms with van der Waals surface area (Å²) in [6.45, 7) is 0. The Morgan fingerprint density at radius 3 is 2.47 bits per heavy atom. The Bertz CT molecular complexity index is 991. The molecule has 3 aromatic rings. The van der Waals surface area contributed by atoms with Crippen LogP contribution in [0.4, 0.5) is 0 Å². The number of aryl methyl sites for hydroxylation is 1. The van der Waals surface area contributed by atoms with Crippen LogP contribution >= 0.6 is 11.6 Å². The Balaban J connectivity index is 1.61. The number of carboxylic acids is 1. The van der Waals surface area contributed by atoms with Crippen LogP contribution in [0.5, 0.6) is 0 Å². The molecule has 0 radical (unpaired) electrons. The number of hydrogen-bond acceptors (Lipinski definition) is 3. The molecule has 5 nitrogen and oxygen atoms in total. The number of carboxylic acid groups (broad SMARTS) is 1. The van der Waals surface area contributed by atoms with Crippen LogP contribution in [0.25, 0.3) is 11.1 Å². The molecule has 30 heavy (non-hydrogen) atoms. The van der Waals surface area contributed by atoms with Gasteiger partial charge in [0.15, 0.2) is 0 Å². The highest BCUT2D eigenvalue weighted by Crippen LogP contribution is 2.23. The van der Waals surface area contributed by atoms with Crippen LogP contribution in [0.2, 0.25) is 5.02 Å². The Kier molecular flexibility index (Phi) is 7.57. The summed E-state index contributed by atoms with van der Waals surface area (Å²) in [4.78, 5) is 27.6. The Morgan fingerprint density at radius 1 is 1.00 bits per heavy atom. The molecule has 0 aliphatic carbocycles. The van der Waals surface area contributed by atoms with Gasteiger partial charge in [-0.15, -0.1) is 0 Å². The minimum Gasteiger partial charge on any atom is -0.481 e. The van der Waals surface area contributed by atoms with Crippen molar-refractivity contribution in [1.82, 2.24) is 10.3 Å². The number of aliphatic carboxylic acids is 1. The highest BCUT2D eigenvalue weighted by atomic mass is 35.5. The van der Waals surface area contributed by atoms with E-state index in [4.69, 9.17) is 11.6 Å². The predicted octanol–water partition coefficient (Wildman–Crippen LogP) is 4.54. The molecule has 1 amide bonds. The number of hydrogen-bond donors (Lipinski definition) is 2. The summed E-state index contributed by atoms with van der Waals surface area (Å²) in [5, 5.41) is 12.8. The summed E-state index contributed by atoms with van der Waals surface area (Å²) < 4.78 is 0. The predicted molar refractivity (Wildman–Crippen MR) is 117 cm³/mol. The van der Waals surface area contributed by atoms with Crippen molar-refractivity contribution in [2.45, 2.75) is 31.7 Å². The van der Waals surface area contributed by atoms with E-state index in [2.05, 4.69) is 10.3 Å². The Morgan fingerprint density at radius 2 is 1.80 bits per heavy atom. The number of aromatic nitrogens is 1. The zero-order valence-electron chi connectivity index (χ0n) is 16.4. The molecule has 0 fully saturated rings.